The molecule has 1 atom stereocenters. The molecule has 4 rings (SSSR count). The Labute approximate surface area is 170 Å². The highest BCUT2D eigenvalue weighted by Gasteiger charge is 2.32. The minimum atomic E-state index is -0.223. The van der Waals surface area contributed by atoms with E-state index >= 15 is 0 Å². The first-order valence-corrected chi connectivity index (χ1v) is 9.75. The summed E-state index contributed by atoms with van der Waals surface area (Å²) in [5, 5.41) is 2.92. The van der Waals surface area contributed by atoms with E-state index < -0.39 is 0 Å². The molecule has 29 heavy (non-hydrogen) atoms. The van der Waals surface area contributed by atoms with Gasteiger partial charge in [0.05, 0.1) is 0 Å². The van der Waals surface area contributed by atoms with Crippen LogP contribution in [0.5, 0.6) is 0 Å². The summed E-state index contributed by atoms with van der Waals surface area (Å²) in [5.74, 6) is -0.407. The number of benzene rings is 2. The lowest BCUT2D eigenvalue weighted by Gasteiger charge is -2.22. The van der Waals surface area contributed by atoms with Crippen LogP contribution in [0.25, 0.3) is 0 Å². The number of nitrogens with zero attached hydrogens (tertiary/aromatic N) is 2. The Morgan fingerprint density at radius 1 is 1.10 bits per heavy atom. The van der Waals surface area contributed by atoms with E-state index in [9.17, 15) is 9.59 Å². The molecule has 0 aliphatic carbocycles. The van der Waals surface area contributed by atoms with Crippen LogP contribution in [0.1, 0.15) is 44.5 Å². The predicted molar refractivity (Wildman–Crippen MR) is 113 cm³/mol. The van der Waals surface area contributed by atoms with Gasteiger partial charge in [-0.2, -0.15) is 0 Å². The van der Waals surface area contributed by atoms with Crippen molar-refractivity contribution in [1.82, 2.24) is 10.3 Å². The number of hydrogen-bond donors (Lipinski definition) is 1. The summed E-state index contributed by atoms with van der Waals surface area (Å²) in [4.78, 5) is 31.8. The van der Waals surface area contributed by atoms with Gasteiger partial charge < -0.3 is 10.2 Å². The average Bonchev–Trinajstić information content (AvgIpc) is 3.08. The molecule has 146 valence electrons. The third kappa shape index (κ3) is 3.76. The fourth-order valence-electron chi connectivity index (χ4n) is 3.77. The molecular formula is C24H23N3O2. The lowest BCUT2D eigenvalue weighted by atomic mass is 10.1. The number of carbonyl (C=O) groups is 2. The molecule has 0 bridgehead atoms. The van der Waals surface area contributed by atoms with Crippen molar-refractivity contribution in [3.05, 3.63) is 94.8 Å². The number of carbonyl (C=O) groups excluding carboxylic acids is 2. The molecule has 1 aromatic heterocycles. The zero-order valence-electron chi connectivity index (χ0n) is 16.6. The van der Waals surface area contributed by atoms with Gasteiger partial charge in [0.2, 0.25) is 0 Å². The first kappa shape index (κ1) is 18.9. The van der Waals surface area contributed by atoms with E-state index in [4.69, 9.17) is 0 Å². The molecule has 0 saturated heterocycles. The molecule has 2 amide bonds. The smallest absolute Gasteiger partial charge is 0.277 e. The van der Waals surface area contributed by atoms with E-state index in [1.807, 2.05) is 62.4 Å². The number of anilines is 1. The van der Waals surface area contributed by atoms with Gasteiger partial charge in [0.15, 0.2) is 0 Å². The Balaban J connectivity index is 1.52. The molecule has 1 unspecified atom stereocenters. The summed E-state index contributed by atoms with van der Waals surface area (Å²) >= 11 is 0. The summed E-state index contributed by atoms with van der Waals surface area (Å²) < 4.78 is 0. The van der Waals surface area contributed by atoms with Gasteiger partial charge in [-0.05, 0) is 55.2 Å². The predicted octanol–water partition coefficient (Wildman–Crippen LogP) is 3.91. The van der Waals surface area contributed by atoms with Gasteiger partial charge >= 0.3 is 0 Å². The number of aryl methyl sites for hydroxylation is 1. The average molecular weight is 385 g/mol. The van der Waals surface area contributed by atoms with Crippen molar-refractivity contribution < 1.29 is 9.59 Å². The molecule has 1 N–H and O–H groups in total. The Morgan fingerprint density at radius 2 is 1.86 bits per heavy atom. The summed E-state index contributed by atoms with van der Waals surface area (Å²) in [6.07, 6.45) is 2.33. The number of rotatable bonds is 4. The molecular weight excluding hydrogens is 362 g/mol. The van der Waals surface area contributed by atoms with Gasteiger partial charge in [-0.1, -0.05) is 42.5 Å². The monoisotopic (exact) mass is 385 g/mol. The molecule has 1 aliphatic heterocycles. The van der Waals surface area contributed by atoms with Crippen LogP contribution in [0.3, 0.4) is 0 Å². The van der Waals surface area contributed by atoms with E-state index in [1.54, 1.807) is 17.0 Å². The third-order valence-electron chi connectivity index (χ3n) is 5.37. The number of para-hydroxylation sites is 1. The maximum atomic E-state index is 13.2. The molecule has 0 spiro atoms. The van der Waals surface area contributed by atoms with Crippen molar-refractivity contribution in [2.75, 3.05) is 4.90 Å². The van der Waals surface area contributed by atoms with E-state index in [1.165, 1.54) is 6.20 Å². The largest absolute Gasteiger partial charge is 0.348 e. The highest BCUT2D eigenvalue weighted by atomic mass is 16.2. The van der Waals surface area contributed by atoms with Crippen LogP contribution in [0.15, 0.2) is 66.9 Å². The fourth-order valence-corrected chi connectivity index (χ4v) is 3.77. The first-order valence-electron chi connectivity index (χ1n) is 9.75. The Kier molecular flexibility index (Phi) is 5.12. The van der Waals surface area contributed by atoms with E-state index in [2.05, 4.69) is 10.3 Å². The van der Waals surface area contributed by atoms with Crippen LogP contribution in [0, 0.1) is 6.92 Å². The summed E-state index contributed by atoms with van der Waals surface area (Å²) in [5.41, 5.74) is 4.96. The van der Waals surface area contributed by atoms with Crippen molar-refractivity contribution in [3.63, 3.8) is 0 Å². The highest BCUT2D eigenvalue weighted by molar-refractivity contribution is 6.07. The van der Waals surface area contributed by atoms with Crippen LogP contribution in [0.2, 0.25) is 0 Å². The van der Waals surface area contributed by atoms with Crippen molar-refractivity contribution in [1.29, 1.82) is 0 Å². The lowest BCUT2D eigenvalue weighted by Crippen LogP contribution is -2.36. The minimum absolute atomic E-state index is 0.0558. The van der Waals surface area contributed by atoms with Crippen molar-refractivity contribution in [2.45, 2.75) is 32.9 Å². The van der Waals surface area contributed by atoms with Gasteiger partial charge in [-0.3, -0.25) is 14.6 Å². The van der Waals surface area contributed by atoms with E-state index in [0.29, 0.717) is 12.1 Å². The third-order valence-corrected chi connectivity index (χ3v) is 5.37. The summed E-state index contributed by atoms with van der Waals surface area (Å²) in [7, 11) is 0. The second kappa shape index (κ2) is 7.87. The maximum Gasteiger partial charge on any atom is 0.277 e. The van der Waals surface area contributed by atoms with Crippen LogP contribution in [0.4, 0.5) is 5.69 Å². The molecule has 1 aliphatic rings. The molecule has 0 radical (unpaired) electrons. The Hall–Kier alpha value is -3.47. The lowest BCUT2D eigenvalue weighted by molar-refractivity contribution is 0.0950. The fraction of sp³-hybridized carbons (Fsp3) is 0.208. The molecule has 2 aromatic carbocycles. The molecule has 2 heterocycles. The number of fused-ring (bicyclic) bond motifs is 1. The standard InChI is InChI=1S/C24H23N3O2/c1-16-7-3-4-9-20(16)15-26-23(28)19-11-12-25-21(14-19)24(29)27-17(2)13-18-8-5-6-10-22(18)27/h3-12,14,17H,13,15H2,1-2H3,(H,26,28). The summed E-state index contributed by atoms with van der Waals surface area (Å²) in [6.45, 7) is 4.48. The normalized spacial score (nSPS) is 15.1. The van der Waals surface area contributed by atoms with Crippen LogP contribution in [-0.4, -0.2) is 22.8 Å². The molecule has 0 saturated carbocycles. The van der Waals surface area contributed by atoms with Gasteiger partial charge in [-0.25, -0.2) is 0 Å². The van der Waals surface area contributed by atoms with E-state index in [0.717, 1.165) is 28.8 Å². The SMILES string of the molecule is Cc1ccccc1CNC(=O)c1ccnc(C(=O)N2c3ccccc3CC2C)c1. The van der Waals surface area contributed by atoms with Gasteiger partial charge in [0.1, 0.15) is 5.69 Å². The second-order valence-corrected chi connectivity index (χ2v) is 7.40. The number of aromatic nitrogens is 1. The molecule has 3 aromatic rings. The first-order chi connectivity index (χ1) is 14.0. The Bertz CT molecular complexity index is 1080. The van der Waals surface area contributed by atoms with Crippen molar-refractivity contribution >= 4 is 17.5 Å². The topological polar surface area (TPSA) is 62.3 Å². The Morgan fingerprint density at radius 3 is 2.69 bits per heavy atom. The maximum absolute atomic E-state index is 13.2. The number of nitrogens with one attached hydrogen (secondary N) is 1. The van der Waals surface area contributed by atoms with Gasteiger partial charge in [0.25, 0.3) is 11.8 Å². The van der Waals surface area contributed by atoms with E-state index in [-0.39, 0.29) is 23.6 Å². The zero-order chi connectivity index (χ0) is 20.4. The highest BCUT2D eigenvalue weighted by Crippen LogP contribution is 2.32. The zero-order valence-corrected chi connectivity index (χ0v) is 16.6. The minimum Gasteiger partial charge on any atom is -0.348 e. The number of pyridine rings is 1. The van der Waals surface area contributed by atoms with Crippen LogP contribution >= 0.6 is 0 Å². The second-order valence-electron chi connectivity index (χ2n) is 7.40. The van der Waals surface area contributed by atoms with Crippen molar-refractivity contribution in [3.8, 4) is 0 Å². The summed E-state index contributed by atoms with van der Waals surface area (Å²) in [6, 6.07) is 19.1. The van der Waals surface area contributed by atoms with Gasteiger partial charge in [0, 0.05) is 30.0 Å². The van der Waals surface area contributed by atoms with Crippen LogP contribution in [-0.2, 0) is 13.0 Å². The number of hydrogen-bond acceptors (Lipinski definition) is 3. The van der Waals surface area contributed by atoms with Crippen molar-refractivity contribution in [2.24, 2.45) is 0 Å². The van der Waals surface area contributed by atoms with Gasteiger partial charge in [-0.15, -0.1) is 0 Å². The quantitative estimate of drug-likeness (QED) is 0.741. The molecule has 5 nitrogen and oxygen atoms in total. The number of amides is 2. The van der Waals surface area contributed by atoms with Crippen LogP contribution < -0.4 is 10.2 Å². The molecule has 0 fully saturated rings. The molecule has 5 heteroatoms.